The second kappa shape index (κ2) is 9.38. The number of nitrogens with zero attached hydrogens (tertiary/aromatic N) is 4. The molecular weight excluding hydrogens is 446 g/mol. The van der Waals surface area contributed by atoms with Gasteiger partial charge in [-0.2, -0.15) is 0 Å². The van der Waals surface area contributed by atoms with Gasteiger partial charge in [0.15, 0.2) is 0 Å². The minimum atomic E-state index is -1.05. The van der Waals surface area contributed by atoms with Crippen molar-refractivity contribution >= 4 is 45.9 Å². The van der Waals surface area contributed by atoms with Crippen LogP contribution in [0.25, 0.3) is 16.6 Å². The first-order valence-corrected chi connectivity index (χ1v) is 10.6. The molecule has 1 aliphatic rings. The van der Waals surface area contributed by atoms with E-state index in [1.54, 1.807) is 18.6 Å². The highest BCUT2D eigenvalue weighted by atomic mass is 35.5. The highest BCUT2D eigenvalue weighted by Crippen LogP contribution is 2.35. The van der Waals surface area contributed by atoms with Crippen LogP contribution in [-0.2, 0) is 9.53 Å². The van der Waals surface area contributed by atoms with Crippen molar-refractivity contribution in [2.75, 3.05) is 31.2 Å². The number of carboxylic acid groups (broad SMARTS) is 1. The molecule has 3 aromatic rings. The smallest absolute Gasteiger partial charge is 0.305 e. The third kappa shape index (κ3) is 4.92. The molecule has 31 heavy (non-hydrogen) atoms. The molecule has 3 heterocycles. The Hall–Kier alpha value is -2.42. The fourth-order valence-corrected chi connectivity index (χ4v) is 4.19. The van der Waals surface area contributed by atoms with E-state index in [0.29, 0.717) is 41.0 Å². The maximum Gasteiger partial charge on any atom is 0.305 e. The molecule has 0 radical (unpaired) electrons. The molecule has 0 spiro atoms. The number of aromatic nitrogens is 3. The Kier molecular flexibility index (Phi) is 6.60. The number of imidazole rings is 1. The van der Waals surface area contributed by atoms with Crippen LogP contribution in [-0.4, -0.2) is 58.1 Å². The van der Waals surface area contributed by atoms with Crippen molar-refractivity contribution in [2.45, 2.75) is 19.0 Å². The summed E-state index contributed by atoms with van der Waals surface area (Å²) < 4.78 is 21.9. The molecule has 7 nitrogen and oxygen atoms in total. The van der Waals surface area contributed by atoms with Gasteiger partial charge in [0.25, 0.3) is 0 Å². The van der Waals surface area contributed by atoms with Crippen molar-refractivity contribution < 1.29 is 19.0 Å². The van der Waals surface area contributed by atoms with Gasteiger partial charge in [0.1, 0.15) is 12.0 Å². The third-order valence-electron chi connectivity index (χ3n) is 5.24. The molecule has 1 aromatic carbocycles. The van der Waals surface area contributed by atoms with Crippen molar-refractivity contribution in [3.8, 4) is 5.69 Å². The first-order valence-electron chi connectivity index (χ1n) is 9.88. The minimum absolute atomic E-state index is 0.0742. The molecule has 1 fully saturated rings. The fraction of sp³-hybridized carbons (Fsp3) is 0.381. The van der Waals surface area contributed by atoms with Crippen molar-refractivity contribution in [3.63, 3.8) is 0 Å². The number of benzene rings is 1. The second-order valence-corrected chi connectivity index (χ2v) is 8.33. The van der Waals surface area contributed by atoms with E-state index in [0.717, 1.165) is 11.1 Å². The van der Waals surface area contributed by atoms with Crippen LogP contribution in [0.5, 0.6) is 0 Å². The van der Waals surface area contributed by atoms with Crippen molar-refractivity contribution in [1.82, 2.24) is 14.5 Å². The van der Waals surface area contributed by atoms with Gasteiger partial charge < -0.3 is 19.3 Å². The Morgan fingerprint density at radius 1 is 1.32 bits per heavy atom. The third-order valence-corrected chi connectivity index (χ3v) is 6.04. The predicted molar refractivity (Wildman–Crippen MR) is 117 cm³/mol. The summed E-state index contributed by atoms with van der Waals surface area (Å²) in [6, 6.07) is 5.45. The number of pyridine rings is 1. The van der Waals surface area contributed by atoms with E-state index < -0.39 is 12.1 Å². The lowest BCUT2D eigenvalue weighted by molar-refractivity contribution is -0.138. The molecule has 0 aliphatic carbocycles. The highest BCUT2D eigenvalue weighted by molar-refractivity contribution is 6.45. The minimum Gasteiger partial charge on any atom is -0.481 e. The van der Waals surface area contributed by atoms with Crippen molar-refractivity contribution in [2.24, 2.45) is 5.92 Å². The van der Waals surface area contributed by atoms with E-state index in [4.69, 9.17) is 38.0 Å². The Labute approximate surface area is 188 Å². The number of hydrogen-bond acceptors (Lipinski definition) is 5. The van der Waals surface area contributed by atoms with Crippen LogP contribution in [0.1, 0.15) is 12.8 Å². The lowest BCUT2D eigenvalue weighted by atomic mass is 9.97. The number of alkyl halides is 1. The van der Waals surface area contributed by atoms with Gasteiger partial charge in [0.2, 0.25) is 0 Å². The summed E-state index contributed by atoms with van der Waals surface area (Å²) in [6.07, 6.45) is 4.40. The van der Waals surface area contributed by atoms with Crippen LogP contribution in [0.4, 0.5) is 10.2 Å². The predicted octanol–water partition coefficient (Wildman–Crippen LogP) is 4.38. The molecule has 0 bridgehead atoms. The lowest BCUT2D eigenvalue weighted by Crippen LogP contribution is -2.43. The number of halogens is 3. The summed E-state index contributed by atoms with van der Waals surface area (Å²) in [6.45, 7) is 1.13. The largest absolute Gasteiger partial charge is 0.481 e. The first kappa shape index (κ1) is 21.8. The molecule has 1 aliphatic heterocycles. The first-order chi connectivity index (χ1) is 14.9. The molecule has 10 heteroatoms. The monoisotopic (exact) mass is 466 g/mol. The number of aliphatic carboxylic acids is 1. The van der Waals surface area contributed by atoms with Crippen molar-refractivity contribution in [3.05, 3.63) is 47.0 Å². The Morgan fingerprint density at radius 2 is 2.16 bits per heavy atom. The summed E-state index contributed by atoms with van der Waals surface area (Å²) >= 11 is 12.7. The average Bonchev–Trinajstić information content (AvgIpc) is 3.27. The average molecular weight is 467 g/mol. The number of piperidine rings is 1. The van der Waals surface area contributed by atoms with Gasteiger partial charge in [0, 0.05) is 36.3 Å². The summed E-state index contributed by atoms with van der Waals surface area (Å²) in [4.78, 5) is 21.3. The van der Waals surface area contributed by atoms with Crippen LogP contribution in [0, 0.1) is 5.92 Å². The normalized spacial score (nSPS) is 19.1. The number of ether oxygens (including phenoxy) is 1. The molecule has 0 amide bonds. The van der Waals surface area contributed by atoms with Crippen LogP contribution < -0.4 is 4.90 Å². The van der Waals surface area contributed by atoms with E-state index in [-0.39, 0.29) is 25.5 Å². The van der Waals surface area contributed by atoms with Gasteiger partial charge in [0.05, 0.1) is 53.8 Å². The van der Waals surface area contributed by atoms with Gasteiger partial charge in [-0.05, 0) is 18.6 Å². The zero-order valence-electron chi connectivity index (χ0n) is 16.5. The van der Waals surface area contributed by atoms with Crippen LogP contribution in [0.15, 0.2) is 36.9 Å². The van der Waals surface area contributed by atoms with Gasteiger partial charge in [-0.15, -0.1) is 0 Å². The second-order valence-electron chi connectivity index (χ2n) is 7.55. The molecular formula is C21H21Cl2FN4O3. The number of carbonyl (C=O) groups is 1. The van der Waals surface area contributed by atoms with Crippen LogP contribution in [0.3, 0.4) is 0 Å². The molecule has 1 saturated heterocycles. The lowest BCUT2D eigenvalue weighted by Gasteiger charge is -2.35. The Bertz CT molecular complexity index is 1080. The fourth-order valence-electron chi connectivity index (χ4n) is 3.83. The SMILES string of the molecule is O=C(O)CCOCC1CC(F)CN(c2cc(-n3ccnc3)c3ccc(Cl)c(Cl)c3n2)C1. The Morgan fingerprint density at radius 3 is 2.90 bits per heavy atom. The highest BCUT2D eigenvalue weighted by Gasteiger charge is 2.29. The summed E-state index contributed by atoms with van der Waals surface area (Å²) in [5.74, 6) is -0.420. The summed E-state index contributed by atoms with van der Waals surface area (Å²) in [5, 5.41) is 10.3. The zero-order chi connectivity index (χ0) is 22.0. The molecule has 4 rings (SSSR count). The van der Waals surface area contributed by atoms with Crippen LogP contribution >= 0.6 is 23.2 Å². The Balaban J connectivity index is 1.65. The van der Waals surface area contributed by atoms with Gasteiger partial charge >= 0.3 is 5.97 Å². The summed E-state index contributed by atoms with van der Waals surface area (Å²) in [7, 11) is 0. The number of anilines is 1. The molecule has 164 valence electrons. The molecule has 2 aromatic heterocycles. The number of carboxylic acids is 1. The molecule has 2 unspecified atom stereocenters. The van der Waals surface area contributed by atoms with E-state index >= 15 is 0 Å². The van der Waals surface area contributed by atoms with Gasteiger partial charge in [-0.1, -0.05) is 23.2 Å². The number of fused-ring (bicyclic) bond motifs is 1. The zero-order valence-corrected chi connectivity index (χ0v) is 18.1. The summed E-state index contributed by atoms with van der Waals surface area (Å²) in [5.41, 5.74) is 1.34. The maximum absolute atomic E-state index is 14.6. The topological polar surface area (TPSA) is 80.5 Å². The van der Waals surface area contributed by atoms with E-state index in [9.17, 15) is 9.18 Å². The van der Waals surface area contributed by atoms with E-state index in [2.05, 4.69) is 4.98 Å². The van der Waals surface area contributed by atoms with Crippen LogP contribution in [0.2, 0.25) is 10.0 Å². The van der Waals surface area contributed by atoms with Gasteiger partial charge in [-0.25, -0.2) is 14.4 Å². The molecule has 2 atom stereocenters. The molecule has 0 saturated carbocycles. The van der Waals surface area contributed by atoms with Gasteiger partial charge in [-0.3, -0.25) is 4.79 Å². The maximum atomic E-state index is 14.6. The number of rotatable bonds is 7. The standard InChI is InChI=1S/C21H21Cl2FN4O3/c22-16-2-1-15-17(27-5-4-25-12-27)8-18(26-21(15)20(16)23)28-9-13(7-14(24)10-28)11-31-6-3-19(29)30/h1-2,4-5,8,12-14H,3,6-7,9-11H2,(H,29,30). The molecule has 1 N–H and O–H groups in total. The number of hydrogen-bond donors (Lipinski definition) is 1. The van der Waals surface area contributed by atoms with E-state index in [1.165, 1.54) is 0 Å². The van der Waals surface area contributed by atoms with E-state index in [1.807, 2.05) is 27.8 Å². The van der Waals surface area contributed by atoms with Crippen molar-refractivity contribution in [1.29, 1.82) is 0 Å². The quantitative estimate of drug-likeness (QED) is 0.520.